The monoisotopic (exact) mass is 303 g/mol. The van der Waals surface area contributed by atoms with Gasteiger partial charge in [-0.25, -0.2) is 4.79 Å². The standard InChI is InChI=1S/C16H21N3O3/c17-16(21)18-12-5-3-4-11(10-12)15(20)19-8-9-22-14-7-2-1-6-13(14)19/h3-5,10,13-14H,1-2,6-9H2,(H3,17,18,21). The predicted molar refractivity (Wildman–Crippen MR) is 82.7 cm³/mol. The number of morpholine rings is 1. The number of urea groups is 1. The smallest absolute Gasteiger partial charge is 0.316 e. The Balaban J connectivity index is 1.79. The third-order valence-electron chi connectivity index (χ3n) is 4.37. The molecule has 6 nitrogen and oxygen atoms in total. The van der Waals surface area contributed by atoms with E-state index in [1.807, 2.05) is 4.90 Å². The first kappa shape index (κ1) is 14.8. The van der Waals surface area contributed by atoms with Crippen LogP contribution in [0.1, 0.15) is 36.0 Å². The minimum Gasteiger partial charge on any atom is -0.374 e. The molecule has 0 bridgehead atoms. The van der Waals surface area contributed by atoms with Crippen LogP contribution < -0.4 is 11.1 Å². The highest BCUT2D eigenvalue weighted by Crippen LogP contribution is 2.29. The first-order valence-electron chi connectivity index (χ1n) is 7.74. The lowest BCUT2D eigenvalue weighted by Gasteiger charge is -2.43. The van der Waals surface area contributed by atoms with Crippen molar-refractivity contribution in [3.63, 3.8) is 0 Å². The second kappa shape index (κ2) is 6.36. The van der Waals surface area contributed by atoms with Crippen LogP contribution in [0.2, 0.25) is 0 Å². The van der Waals surface area contributed by atoms with Gasteiger partial charge in [0.15, 0.2) is 0 Å². The Morgan fingerprint density at radius 1 is 1.27 bits per heavy atom. The number of primary amides is 1. The van der Waals surface area contributed by atoms with Gasteiger partial charge in [0.1, 0.15) is 0 Å². The Morgan fingerprint density at radius 3 is 2.91 bits per heavy atom. The lowest BCUT2D eigenvalue weighted by Crippen LogP contribution is -2.54. The van der Waals surface area contributed by atoms with E-state index in [4.69, 9.17) is 10.5 Å². The van der Waals surface area contributed by atoms with Gasteiger partial charge in [0.05, 0.1) is 18.8 Å². The molecular formula is C16H21N3O3. The first-order valence-corrected chi connectivity index (χ1v) is 7.74. The van der Waals surface area contributed by atoms with Crippen molar-refractivity contribution in [1.29, 1.82) is 0 Å². The van der Waals surface area contributed by atoms with Crippen molar-refractivity contribution >= 4 is 17.6 Å². The molecule has 0 radical (unpaired) electrons. The summed E-state index contributed by atoms with van der Waals surface area (Å²) in [5.41, 5.74) is 6.22. The molecular weight excluding hydrogens is 282 g/mol. The summed E-state index contributed by atoms with van der Waals surface area (Å²) in [5.74, 6) is -0.00618. The maximum atomic E-state index is 12.8. The molecule has 1 aromatic carbocycles. The molecule has 1 saturated heterocycles. The number of anilines is 1. The molecule has 1 heterocycles. The molecule has 0 spiro atoms. The highest BCUT2D eigenvalue weighted by Gasteiger charge is 2.36. The van der Waals surface area contributed by atoms with Crippen molar-refractivity contribution in [1.82, 2.24) is 4.90 Å². The lowest BCUT2D eigenvalue weighted by molar-refractivity contribution is -0.0752. The summed E-state index contributed by atoms with van der Waals surface area (Å²) in [4.78, 5) is 25.7. The molecule has 3 rings (SSSR count). The zero-order chi connectivity index (χ0) is 15.5. The van der Waals surface area contributed by atoms with Crippen LogP contribution >= 0.6 is 0 Å². The summed E-state index contributed by atoms with van der Waals surface area (Å²) in [5, 5.41) is 2.50. The van der Waals surface area contributed by atoms with Crippen LogP contribution in [0.4, 0.5) is 10.5 Å². The van der Waals surface area contributed by atoms with E-state index in [9.17, 15) is 9.59 Å². The Hall–Kier alpha value is -2.08. The van der Waals surface area contributed by atoms with Crippen molar-refractivity contribution in [3.8, 4) is 0 Å². The fourth-order valence-electron chi connectivity index (χ4n) is 3.39. The molecule has 3 N–H and O–H groups in total. The van der Waals surface area contributed by atoms with Gasteiger partial charge in [-0.1, -0.05) is 18.9 Å². The zero-order valence-corrected chi connectivity index (χ0v) is 12.5. The molecule has 1 aliphatic heterocycles. The van der Waals surface area contributed by atoms with Gasteiger partial charge in [-0.15, -0.1) is 0 Å². The number of carbonyl (C=O) groups excluding carboxylic acids is 2. The van der Waals surface area contributed by atoms with Gasteiger partial charge in [-0.2, -0.15) is 0 Å². The number of ether oxygens (including phenoxy) is 1. The van der Waals surface area contributed by atoms with Gasteiger partial charge >= 0.3 is 6.03 Å². The Morgan fingerprint density at radius 2 is 2.09 bits per heavy atom. The predicted octanol–water partition coefficient (Wildman–Crippen LogP) is 1.96. The number of nitrogens with two attached hydrogens (primary N) is 1. The topological polar surface area (TPSA) is 84.7 Å². The van der Waals surface area contributed by atoms with Crippen LogP contribution in [-0.4, -0.2) is 42.1 Å². The van der Waals surface area contributed by atoms with Gasteiger partial charge in [0.2, 0.25) is 0 Å². The number of hydrogen-bond donors (Lipinski definition) is 2. The zero-order valence-electron chi connectivity index (χ0n) is 12.5. The number of benzene rings is 1. The third-order valence-corrected chi connectivity index (χ3v) is 4.37. The molecule has 2 fully saturated rings. The van der Waals surface area contributed by atoms with Gasteiger partial charge in [-0.05, 0) is 31.0 Å². The van der Waals surface area contributed by atoms with Crippen LogP contribution in [0, 0.1) is 0 Å². The summed E-state index contributed by atoms with van der Waals surface area (Å²) in [6.45, 7) is 1.21. The summed E-state index contributed by atoms with van der Waals surface area (Å²) < 4.78 is 5.81. The fraction of sp³-hybridized carbons (Fsp3) is 0.500. The van der Waals surface area contributed by atoms with Gasteiger partial charge < -0.3 is 20.7 Å². The van der Waals surface area contributed by atoms with E-state index in [-0.39, 0.29) is 18.1 Å². The Labute approximate surface area is 129 Å². The molecule has 2 aliphatic rings. The van der Waals surface area contributed by atoms with E-state index < -0.39 is 6.03 Å². The average molecular weight is 303 g/mol. The molecule has 2 unspecified atom stereocenters. The minimum absolute atomic E-state index is 0.00618. The largest absolute Gasteiger partial charge is 0.374 e. The second-order valence-corrected chi connectivity index (χ2v) is 5.83. The molecule has 3 amide bonds. The Kier molecular flexibility index (Phi) is 4.29. The van der Waals surface area contributed by atoms with E-state index in [1.54, 1.807) is 24.3 Å². The van der Waals surface area contributed by atoms with E-state index in [1.165, 1.54) is 6.42 Å². The second-order valence-electron chi connectivity index (χ2n) is 5.83. The number of rotatable bonds is 2. The summed E-state index contributed by atoms with van der Waals surface area (Å²) in [6.07, 6.45) is 4.49. The van der Waals surface area contributed by atoms with Crippen molar-refractivity contribution < 1.29 is 14.3 Å². The summed E-state index contributed by atoms with van der Waals surface area (Å²) in [6, 6.07) is 6.43. The molecule has 0 aromatic heterocycles. The quantitative estimate of drug-likeness (QED) is 0.876. The van der Waals surface area contributed by atoms with Crippen LogP contribution in [0.5, 0.6) is 0 Å². The normalized spacial score (nSPS) is 24.5. The SMILES string of the molecule is NC(=O)Nc1cccc(C(=O)N2CCOC3CCCCC32)c1. The molecule has 118 valence electrons. The Bertz CT molecular complexity index is 574. The van der Waals surface area contributed by atoms with Gasteiger partial charge in [0, 0.05) is 17.8 Å². The van der Waals surface area contributed by atoms with Gasteiger partial charge in [0.25, 0.3) is 5.91 Å². The third kappa shape index (κ3) is 3.06. The molecule has 1 aliphatic carbocycles. The fourth-order valence-corrected chi connectivity index (χ4v) is 3.39. The number of carbonyl (C=O) groups is 2. The van der Waals surface area contributed by atoms with Crippen LogP contribution in [-0.2, 0) is 4.74 Å². The highest BCUT2D eigenvalue weighted by atomic mass is 16.5. The summed E-state index contributed by atoms with van der Waals surface area (Å²) >= 11 is 0. The molecule has 1 saturated carbocycles. The average Bonchev–Trinajstić information content (AvgIpc) is 2.53. The number of amides is 3. The van der Waals surface area contributed by atoms with Crippen molar-refractivity contribution in [3.05, 3.63) is 29.8 Å². The molecule has 22 heavy (non-hydrogen) atoms. The number of nitrogens with one attached hydrogen (secondary N) is 1. The van der Waals surface area contributed by atoms with Crippen LogP contribution in [0.3, 0.4) is 0 Å². The van der Waals surface area contributed by atoms with Crippen LogP contribution in [0.15, 0.2) is 24.3 Å². The van der Waals surface area contributed by atoms with Crippen molar-refractivity contribution in [2.45, 2.75) is 37.8 Å². The minimum atomic E-state index is -0.636. The maximum Gasteiger partial charge on any atom is 0.316 e. The van der Waals surface area contributed by atoms with E-state index in [2.05, 4.69) is 5.32 Å². The number of hydrogen-bond acceptors (Lipinski definition) is 3. The molecule has 6 heteroatoms. The van der Waals surface area contributed by atoms with E-state index >= 15 is 0 Å². The summed E-state index contributed by atoms with van der Waals surface area (Å²) in [7, 11) is 0. The molecule has 1 aromatic rings. The highest BCUT2D eigenvalue weighted by molar-refractivity contribution is 5.97. The van der Waals surface area contributed by atoms with Crippen molar-refractivity contribution in [2.24, 2.45) is 5.73 Å². The first-order chi connectivity index (χ1) is 10.6. The lowest BCUT2D eigenvalue weighted by atomic mass is 9.89. The van der Waals surface area contributed by atoms with E-state index in [0.717, 1.165) is 19.3 Å². The van der Waals surface area contributed by atoms with Gasteiger partial charge in [-0.3, -0.25) is 4.79 Å². The van der Waals surface area contributed by atoms with Crippen molar-refractivity contribution in [2.75, 3.05) is 18.5 Å². The number of nitrogens with zero attached hydrogens (tertiary/aromatic N) is 1. The molecule has 2 atom stereocenters. The van der Waals surface area contributed by atoms with Crippen LogP contribution in [0.25, 0.3) is 0 Å². The number of fused-ring (bicyclic) bond motifs is 1. The van der Waals surface area contributed by atoms with E-state index in [0.29, 0.717) is 24.4 Å². The maximum absolute atomic E-state index is 12.8.